The summed E-state index contributed by atoms with van der Waals surface area (Å²) in [6.45, 7) is 4.37. The van der Waals surface area contributed by atoms with Gasteiger partial charge in [0.25, 0.3) is 0 Å². The second-order valence-corrected chi connectivity index (χ2v) is 8.45. The highest BCUT2D eigenvalue weighted by Gasteiger charge is 2.52. The summed E-state index contributed by atoms with van der Waals surface area (Å²) in [6.07, 6.45) is -4.62. The number of nitrogen functional groups attached to an aromatic ring is 1. The molecule has 5 atom stereocenters. The van der Waals surface area contributed by atoms with Gasteiger partial charge in [-0.25, -0.2) is 0 Å². The molecule has 0 amide bonds. The second kappa shape index (κ2) is 10.5. The van der Waals surface area contributed by atoms with Crippen molar-refractivity contribution in [3.8, 4) is 0 Å². The van der Waals surface area contributed by atoms with Crippen LogP contribution < -0.4 is 5.73 Å². The Bertz CT molecular complexity index is 803. The molecule has 2 N–H and O–H groups in total. The normalized spacial score (nSPS) is 25.8. The van der Waals surface area contributed by atoms with Gasteiger partial charge in [-0.15, -0.1) is 10.2 Å². The molecule has 0 spiro atoms. The molecule has 12 nitrogen and oxygen atoms in total. The SMILES string of the molecule is CC(=O)OCC1OC(Sc2nnc(N)s2)C(OC(C)=O)C(OC(C)=O)C1OC(C)=O. The Kier molecular flexibility index (Phi) is 8.37. The van der Waals surface area contributed by atoms with E-state index in [2.05, 4.69) is 10.2 Å². The molecule has 1 aromatic rings. The lowest BCUT2D eigenvalue weighted by Crippen LogP contribution is -2.61. The van der Waals surface area contributed by atoms with Crippen LogP contribution in [0.2, 0.25) is 0 Å². The molecule has 1 saturated heterocycles. The van der Waals surface area contributed by atoms with E-state index in [1.807, 2.05) is 0 Å². The molecule has 1 aliphatic heterocycles. The fourth-order valence-electron chi connectivity index (χ4n) is 2.65. The first-order chi connectivity index (χ1) is 14.1. The van der Waals surface area contributed by atoms with Crippen molar-refractivity contribution in [2.75, 3.05) is 12.3 Å². The van der Waals surface area contributed by atoms with Crippen LogP contribution >= 0.6 is 23.1 Å². The molecule has 0 bridgehead atoms. The number of rotatable bonds is 7. The Morgan fingerprint density at radius 1 is 0.933 bits per heavy atom. The maximum Gasteiger partial charge on any atom is 0.303 e. The van der Waals surface area contributed by atoms with Crippen LogP contribution in [-0.4, -0.2) is 70.5 Å². The van der Waals surface area contributed by atoms with Gasteiger partial charge in [-0.05, 0) is 0 Å². The monoisotopic (exact) mass is 463 g/mol. The van der Waals surface area contributed by atoms with E-state index in [9.17, 15) is 19.2 Å². The van der Waals surface area contributed by atoms with Gasteiger partial charge in [0.15, 0.2) is 28.1 Å². The molecule has 1 fully saturated rings. The maximum atomic E-state index is 11.7. The number of ether oxygens (including phenoxy) is 5. The molecule has 0 aromatic carbocycles. The highest BCUT2D eigenvalue weighted by atomic mass is 32.2. The van der Waals surface area contributed by atoms with Crippen molar-refractivity contribution in [1.29, 1.82) is 0 Å². The standard InChI is InChI=1S/C16H21N3O9S2/c1-6(20)24-5-10-11(25-7(2)21)12(26-8(3)22)13(27-9(4)23)14(28-10)29-16-19-18-15(17)30-16/h10-14H,5H2,1-4H3,(H2,17,18). The first kappa shape index (κ1) is 23.8. The second-order valence-electron chi connectivity index (χ2n) is 6.09. The first-order valence-electron chi connectivity index (χ1n) is 8.63. The number of carbonyl (C=O) groups excluding carboxylic acids is 4. The maximum absolute atomic E-state index is 11.7. The molecule has 30 heavy (non-hydrogen) atoms. The number of nitrogens with zero attached hydrogens (tertiary/aromatic N) is 2. The van der Waals surface area contributed by atoms with E-state index in [0.29, 0.717) is 4.34 Å². The summed E-state index contributed by atoms with van der Waals surface area (Å²) in [5, 5.41) is 7.80. The number of anilines is 1. The van der Waals surface area contributed by atoms with Crippen LogP contribution in [0, 0.1) is 0 Å². The minimum Gasteiger partial charge on any atom is -0.463 e. The van der Waals surface area contributed by atoms with Crippen molar-refractivity contribution in [2.24, 2.45) is 0 Å². The fraction of sp³-hybridized carbons (Fsp3) is 0.625. The topological polar surface area (TPSA) is 166 Å². The van der Waals surface area contributed by atoms with E-state index in [1.165, 1.54) is 13.8 Å². The van der Waals surface area contributed by atoms with Crippen LogP contribution in [0.5, 0.6) is 0 Å². The number of esters is 4. The molecule has 0 aliphatic carbocycles. The van der Waals surface area contributed by atoms with Crippen LogP contribution in [0.3, 0.4) is 0 Å². The van der Waals surface area contributed by atoms with Gasteiger partial charge >= 0.3 is 23.9 Å². The van der Waals surface area contributed by atoms with Gasteiger partial charge in [-0.1, -0.05) is 23.1 Å². The summed E-state index contributed by atoms with van der Waals surface area (Å²) in [7, 11) is 0. The molecule has 0 saturated carbocycles. The van der Waals surface area contributed by atoms with E-state index >= 15 is 0 Å². The Morgan fingerprint density at radius 3 is 2.00 bits per heavy atom. The van der Waals surface area contributed by atoms with Gasteiger partial charge in [-0.3, -0.25) is 19.2 Å². The predicted octanol–water partition coefficient (Wildman–Crippen LogP) is 0.295. The lowest BCUT2D eigenvalue weighted by atomic mass is 9.99. The minimum atomic E-state index is -1.23. The lowest BCUT2D eigenvalue weighted by Gasteiger charge is -2.43. The average molecular weight is 463 g/mol. The Hall–Kier alpha value is -2.45. The molecule has 1 aromatic heterocycles. The van der Waals surface area contributed by atoms with Crippen molar-refractivity contribution in [1.82, 2.24) is 10.2 Å². The summed E-state index contributed by atoms with van der Waals surface area (Å²) in [5.74, 6) is -2.67. The summed E-state index contributed by atoms with van der Waals surface area (Å²) >= 11 is 2.09. The highest BCUT2D eigenvalue weighted by molar-refractivity contribution is 8.01. The van der Waals surface area contributed by atoms with E-state index in [0.717, 1.165) is 36.9 Å². The van der Waals surface area contributed by atoms with Gasteiger partial charge in [0.2, 0.25) is 5.13 Å². The quantitative estimate of drug-likeness (QED) is 0.433. The molecule has 166 valence electrons. The Morgan fingerprint density at radius 2 is 1.50 bits per heavy atom. The first-order valence-corrected chi connectivity index (χ1v) is 10.3. The van der Waals surface area contributed by atoms with Crippen molar-refractivity contribution in [2.45, 2.75) is 61.9 Å². The molecule has 0 radical (unpaired) electrons. The highest BCUT2D eigenvalue weighted by Crippen LogP contribution is 2.38. The van der Waals surface area contributed by atoms with Gasteiger partial charge in [0.05, 0.1) is 0 Å². The summed E-state index contributed by atoms with van der Waals surface area (Å²) in [5.41, 5.74) is 4.64. The summed E-state index contributed by atoms with van der Waals surface area (Å²) in [4.78, 5) is 46.4. The number of thioether (sulfide) groups is 1. The lowest BCUT2D eigenvalue weighted by molar-refractivity contribution is -0.237. The number of nitrogens with two attached hydrogens (primary N) is 1. The van der Waals surface area contributed by atoms with Gasteiger partial charge < -0.3 is 29.4 Å². The third-order valence-electron chi connectivity index (χ3n) is 3.59. The van der Waals surface area contributed by atoms with Crippen LogP contribution in [-0.2, 0) is 42.9 Å². The van der Waals surface area contributed by atoms with Crippen LogP contribution in [0.15, 0.2) is 4.34 Å². The Balaban J connectivity index is 2.41. The molecule has 2 heterocycles. The number of carbonyl (C=O) groups is 4. The number of aromatic nitrogens is 2. The van der Waals surface area contributed by atoms with Crippen molar-refractivity contribution in [3.63, 3.8) is 0 Å². The minimum absolute atomic E-state index is 0.211. The molecule has 1 aliphatic rings. The van der Waals surface area contributed by atoms with Crippen LogP contribution in [0.25, 0.3) is 0 Å². The van der Waals surface area contributed by atoms with Crippen molar-refractivity contribution < 1.29 is 42.9 Å². The molecular formula is C16H21N3O9S2. The van der Waals surface area contributed by atoms with Crippen molar-refractivity contribution in [3.05, 3.63) is 0 Å². The average Bonchev–Trinajstić information content (AvgIpc) is 3.02. The molecule has 5 unspecified atom stereocenters. The Labute approximate surface area is 179 Å². The van der Waals surface area contributed by atoms with E-state index in [1.54, 1.807) is 0 Å². The molecule has 14 heteroatoms. The van der Waals surface area contributed by atoms with E-state index in [4.69, 9.17) is 29.4 Å². The fourth-order valence-corrected chi connectivity index (χ4v) is 4.56. The molecule has 2 rings (SSSR count). The zero-order chi connectivity index (χ0) is 22.4. The molecular weight excluding hydrogens is 442 g/mol. The van der Waals surface area contributed by atoms with Crippen LogP contribution in [0.1, 0.15) is 27.7 Å². The van der Waals surface area contributed by atoms with Crippen molar-refractivity contribution >= 4 is 52.1 Å². The van der Waals surface area contributed by atoms with E-state index < -0.39 is 53.7 Å². The predicted molar refractivity (Wildman–Crippen MR) is 102 cm³/mol. The van der Waals surface area contributed by atoms with Crippen LogP contribution in [0.4, 0.5) is 5.13 Å². The van der Waals surface area contributed by atoms with Gasteiger partial charge in [-0.2, -0.15) is 0 Å². The zero-order valence-corrected chi connectivity index (χ0v) is 18.2. The van der Waals surface area contributed by atoms with Gasteiger partial charge in [0, 0.05) is 27.7 Å². The third-order valence-corrected chi connectivity index (χ3v) is 5.57. The largest absolute Gasteiger partial charge is 0.463 e. The summed E-state index contributed by atoms with van der Waals surface area (Å²) in [6, 6.07) is 0. The summed E-state index contributed by atoms with van der Waals surface area (Å²) < 4.78 is 27.3. The zero-order valence-electron chi connectivity index (χ0n) is 16.6. The smallest absolute Gasteiger partial charge is 0.303 e. The third kappa shape index (κ3) is 6.81. The van der Waals surface area contributed by atoms with Gasteiger partial charge in [0.1, 0.15) is 12.7 Å². The number of hydrogen-bond acceptors (Lipinski definition) is 14. The number of hydrogen-bond donors (Lipinski definition) is 1. The van der Waals surface area contributed by atoms with E-state index in [-0.39, 0.29) is 11.7 Å².